The van der Waals surface area contributed by atoms with Gasteiger partial charge in [0.05, 0.1) is 11.1 Å². The number of hydrogen-bond acceptors (Lipinski definition) is 6. The second-order valence-corrected chi connectivity index (χ2v) is 4.88. The van der Waals surface area contributed by atoms with Crippen molar-refractivity contribution < 1.29 is 5.11 Å². The van der Waals surface area contributed by atoms with E-state index in [1.165, 1.54) is 11.8 Å². The summed E-state index contributed by atoms with van der Waals surface area (Å²) in [5, 5.41) is 9.74. The fourth-order valence-electron chi connectivity index (χ4n) is 0.732. The van der Waals surface area contributed by atoms with Crippen LogP contribution in [-0.2, 0) is 0 Å². The highest BCUT2D eigenvalue weighted by Crippen LogP contribution is 2.28. The molecule has 1 heterocycles. The average Bonchev–Trinajstić information content (AvgIpc) is 2.21. The van der Waals surface area contributed by atoms with Gasteiger partial charge in [0.15, 0.2) is 0 Å². The standard InChI is InChI=1S/C7H11BrN4OS/c1-4(3-13)14-6-5(8)2-10-7(11-6)12-9/h2,4,13H,3,9H2,1H3,(H,10,11,12). The van der Waals surface area contributed by atoms with Gasteiger partial charge in [-0.05, 0) is 15.9 Å². The Balaban J connectivity index is 2.83. The molecule has 0 aromatic carbocycles. The Morgan fingerprint density at radius 1 is 1.79 bits per heavy atom. The Morgan fingerprint density at radius 3 is 3.07 bits per heavy atom. The fourth-order valence-corrected chi connectivity index (χ4v) is 1.96. The molecule has 0 fully saturated rings. The Labute approximate surface area is 94.6 Å². The van der Waals surface area contributed by atoms with E-state index in [1.54, 1.807) is 6.20 Å². The monoisotopic (exact) mass is 278 g/mol. The predicted molar refractivity (Wildman–Crippen MR) is 59.9 cm³/mol. The van der Waals surface area contributed by atoms with E-state index < -0.39 is 0 Å². The van der Waals surface area contributed by atoms with Crippen LogP contribution in [0.5, 0.6) is 0 Å². The van der Waals surface area contributed by atoms with Gasteiger partial charge in [-0.25, -0.2) is 15.8 Å². The fraction of sp³-hybridized carbons (Fsp3) is 0.429. The smallest absolute Gasteiger partial charge is 0.238 e. The first-order chi connectivity index (χ1) is 6.67. The maximum atomic E-state index is 8.89. The van der Waals surface area contributed by atoms with Gasteiger partial charge >= 0.3 is 0 Å². The topological polar surface area (TPSA) is 84.1 Å². The molecular formula is C7H11BrN4OS. The number of halogens is 1. The average molecular weight is 279 g/mol. The lowest BCUT2D eigenvalue weighted by Crippen LogP contribution is -2.11. The number of anilines is 1. The SMILES string of the molecule is CC(CO)Sc1nc(NN)ncc1Br. The Kier molecular flexibility index (Phi) is 4.59. The van der Waals surface area contributed by atoms with Crippen LogP contribution in [0.4, 0.5) is 5.95 Å². The molecule has 0 aliphatic heterocycles. The molecule has 1 aromatic heterocycles. The number of rotatable bonds is 4. The molecule has 5 nitrogen and oxygen atoms in total. The maximum Gasteiger partial charge on any atom is 0.238 e. The van der Waals surface area contributed by atoms with Crippen molar-refractivity contribution in [2.75, 3.05) is 12.0 Å². The number of nitrogens with one attached hydrogen (secondary N) is 1. The van der Waals surface area contributed by atoms with Crippen molar-refractivity contribution >= 4 is 33.6 Å². The van der Waals surface area contributed by atoms with E-state index in [4.69, 9.17) is 10.9 Å². The quantitative estimate of drug-likeness (QED) is 0.330. The van der Waals surface area contributed by atoms with Crippen molar-refractivity contribution in [3.63, 3.8) is 0 Å². The van der Waals surface area contributed by atoms with E-state index in [9.17, 15) is 0 Å². The van der Waals surface area contributed by atoms with Gasteiger partial charge < -0.3 is 5.11 Å². The minimum absolute atomic E-state index is 0.0897. The van der Waals surface area contributed by atoms with Crippen LogP contribution in [0.1, 0.15) is 6.92 Å². The molecule has 1 unspecified atom stereocenters. The molecule has 0 radical (unpaired) electrons. The summed E-state index contributed by atoms with van der Waals surface area (Å²) in [7, 11) is 0. The normalized spacial score (nSPS) is 12.6. The largest absolute Gasteiger partial charge is 0.395 e. The van der Waals surface area contributed by atoms with Crippen molar-refractivity contribution in [1.29, 1.82) is 0 Å². The highest BCUT2D eigenvalue weighted by Gasteiger charge is 2.09. The zero-order valence-electron chi connectivity index (χ0n) is 7.57. The van der Waals surface area contributed by atoms with E-state index in [0.717, 1.165) is 9.50 Å². The van der Waals surface area contributed by atoms with E-state index in [2.05, 4.69) is 31.3 Å². The molecule has 1 rings (SSSR count). The number of aromatic nitrogens is 2. The second kappa shape index (κ2) is 5.50. The zero-order valence-corrected chi connectivity index (χ0v) is 9.97. The van der Waals surface area contributed by atoms with Crippen molar-refractivity contribution in [2.45, 2.75) is 17.2 Å². The van der Waals surface area contributed by atoms with Gasteiger partial charge in [0, 0.05) is 11.4 Å². The molecule has 4 N–H and O–H groups in total. The molecular weight excluding hydrogens is 268 g/mol. The summed E-state index contributed by atoms with van der Waals surface area (Å²) in [5.41, 5.74) is 2.37. The van der Waals surface area contributed by atoms with E-state index in [0.29, 0.717) is 5.95 Å². The minimum atomic E-state index is 0.0897. The number of nitrogens with zero attached hydrogens (tertiary/aromatic N) is 2. The first kappa shape index (κ1) is 11.7. The summed E-state index contributed by atoms with van der Waals surface area (Å²) in [6.07, 6.45) is 1.62. The molecule has 0 saturated heterocycles. The Bertz CT molecular complexity index is 312. The molecule has 0 spiro atoms. The molecule has 0 aliphatic rings. The van der Waals surface area contributed by atoms with Gasteiger partial charge in [-0.1, -0.05) is 18.7 Å². The molecule has 78 valence electrons. The lowest BCUT2D eigenvalue weighted by molar-refractivity contribution is 0.300. The van der Waals surface area contributed by atoms with Crippen LogP contribution in [0.15, 0.2) is 15.7 Å². The Hall–Kier alpha value is -0.370. The molecule has 1 atom stereocenters. The van der Waals surface area contributed by atoms with E-state index in [-0.39, 0.29) is 11.9 Å². The highest BCUT2D eigenvalue weighted by molar-refractivity contribution is 9.10. The van der Waals surface area contributed by atoms with Gasteiger partial charge in [0.2, 0.25) is 5.95 Å². The third-order valence-corrected chi connectivity index (χ3v) is 3.34. The van der Waals surface area contributed by atoms with Crippen LogP contribution >= 0.6 is 27.7 Å². The van der Waals surface area contributed by atoms with Crippen LogP contribution in [-0.4, -0.2) is 26.9 Å². The maximum absolute atomic E-state index is 8.89. The molecule has 1 aromatic rings. The van der Waals surface area contributed by atoms with E-state index >= 15 is 0 Å². The summed E-state index contributed by atoms with van der Waals surface area (Å²) in [6, 6.07) is 0. The lowest BCUT2D eigenvalue weighted by atomic mass is 10.5. The number of aliphatic hydroxyl groups excluding tert-OH is 1. The number of hydrogen-bond donors (Lipinski definition) is 3. The predicted octanol–water partition coefficient (Wildman–Crippen LogP) is 0.998. The van der Waals surface area contributed by atoms with Crippen molar-refractivity contribution in [2.24, 2.45) is 5.84 Å². The van der Waals surface area contributed by atoms with Crippen LogP contribution in [0.3, 0.4) is 0 Å². The van der Waals surface area contributed by atoms with Gasteiger partial charge in [-0.3, -0.25) is 5.43 Å². The second-order valence-electron chi connectivity index (χ2n) is 2.60. The van der Waals surface area contributed by atoms with Crippen molar-refractivity contribution in [3.8, 4) is 0 Å². The molecule has 0 saturated carbocycles. The highest BCUT2D eigenvalue weighted by atomic mass is 79.9. The summed E-state index contributed by atoms with van der Waals surface area (Å²) in [5.74, 6) is 5.55. The minimum Gasteiger partial charge on any atom is -0.395 e. The van der Waals surface area contributed by atoms with E-state index in [1.807, 2.05) is 6.92 Å². The van der Waals surface area contributed by atoms with Gasteiger partial charge in [0.1, 0.15) is 5.03 Å². The first-order valence-corrected chi connectivity index (χ1v) is 5.61. The molecule has 0 aliphatic carbocycles. The number of aliphatic hydroxyl groups is 1. The molecule has 14 heavy (non-hydrogen) atoms. The van der Waals surface area contributed by atoms with Gasteiger partial charge in [0.25, 0.3) is 0 Å². The number of thioether (sulfide) groups is 1. The summed E-state index contributed by atoms with van der Waals surface area (Å²) < 4.78 is 0.793. The molecule has 7 heteroatoms. The third-order valence-electron chi connectivity index (χ3n) is 1.41. The summed E-state index contributed by atoms with van der Waals surface area (Å²) >= 11 is 4.78. The Morgan fingerprint density at radius 2 is 2.50 bits per heavy atom. The van der Waals surface area contributed by atoms with Gasteiger partial charge in [-0.15, -0.1) is 0 Å². The summed E-state index contributed by atoms with van der Waals surface area (Å²) in [4.78, 5) is 8.06. The van der Waals surface area contributed by atoms with Crippen molar-refractivity contribution in [3.05, 3.63) is 10.7 Å². The zero-order chi connectivity index (χ0) is 10.6. The lowest BCUT2D eigenvalue weighted by Gasteiger charge is -2.08. The van der Waals surface area contributed by atoms with Crippen LogP contribution in [0, 0.1) is 0 Å². The number of nitrogen functional groups attached to an aromatic ring is 1. The van der Waals surface area contributed by atoms with Crippen LogP contribution in [0.2, 0.25) is 0 Å². The first-order valence-electron chi connectivity index (χ1n) is 3.94. The summed E-state index contributed by atoms with van der Waals surface area (Å²) in [6.45, 7) is 2.02. The molecule has 0 bridgehead atoms. The number of hydrazine groups is 1. The molecule has 0 amide bonds. The van der Waals surface area contributed by atoms with Gasteiger partial charge in [-0.2, -0.15) is 0 Å². The third kappa shape index (κ3) is 3.09. The van der Waals surface area contributed by atoms with Crippen LogP contribution < -0.4 is 11.3 Å². The van der Waals surface area contributed by atoms with Crippen molar-refractivity contribution in [1.82, 2.24) is 9.97 Å². The van der Waals surface area contributed by atoms with Crippen LogP contribution in [0.25, 0.3) is 0 Å². The number of nitrogens with two attached hydrogens (primary N) is 1.